The Morgan fingerprint density at radius 1 is 0.962 bits per heavy atom. The van der Waals surface area contributed by atoms with E-state index in [9.17, 15) is 4.79 Å². The van der Waals surface area contributed by atoms with Gasteiger partial charge < -0.3 is 10.6 Å². The summed E-state index contributed by atoms with van der Waals surface area (Å²) in [5, 5.41) is 6.54. The summed E-state index contributed by atoms with van der Waals surface area (Å²) in [6.07, 6.45) is 4.05. The van der Waals surface area contributed by atoms with E-state index in [0.29, 0.717) is 18.9 Å². The normalized spacial score (nSPS) is 14.7. The zero-order valence-corrected chi connectivity index (χ0v) is 16.0. The lowest BCUT2D eigenvalue weighted by Crippen LogP contribution is -2.31. The van der Waals surface area contributed by atoms with Gasteiger partial charge in [0.05, 0.1) is 0 Å². The molecule has 3 nitrogen and oxygen atoms in total. The van der Waals surface area contributed by atoms with Gasteiger partial charge in [-0.05, 0) is 49.4 Å². The van der Waals surface area contributed by atoms with Crippen LogP contribution < -0.4 is 10.6 Å². The summed E-state index contributed by atoms with van der Waals surface area (Å²) >= 11 is 0. The van der Waals surface area contributed by atoms with Crippen LogP contribution >= 0.6 is 12.4 Å². The predicted octanol–water partition coefficient (Wildman–Crippen LogP) is 4.14. The van der Waals surface area contributed by atoms with Crippen LogP contribution in [0.4, 0.5) is 0 Å². The Balaban J connectivity index is 0.00000243. The number of rotatable bonds is 7. The van der Waals surface area contributed by atoms with Crippen molar-refractivity contribution < 1.29 is 4.79 Å². The van der Waals surface area contributed by atoms with Gasteiger partial charge in [0.25, 0.3) is 0 Å². The van der Waals surface area contributed by atoms with Gasteiger partial charge in [-0.3, -0.25) is 4.79 Å². The number of benzene rings is 2. The summed E-state index contributed by atoms with van der Waals surface area (Å²) in [6.45, 7) is 2.84. The maximum atomic E-state index is 12.3. The highest BCUT2D eigenvalue weighted by Crippen LogP contribution is 2.24. The van der Waals surface area contributed by atoms with Gasteiger partial charge >= 0.3 is 0 Å². The number of piperidine rings is 1. The van der Waals surface area contributed by atoms with E-state index in [0.717, 1.165) is 19.5 Å². The molecule has 4 heteroatoms. The van der Waals surface area contributed by atoms with E-state index in [-0.39, 0.29) is 24.2 Å². The number of halogens is 1. The highest BCUT2D eigenvalue weighted by Gasteiger charge is 2.17. The molecule has 140 valence electrons. The molecular formula is C22H29ClN2O. The van der Waals surface area contributed by atoms with Crippen LogP contribution in [0.5, 0.6) is 0 Å². The Morgan fingerprint density at radius 2 is 1.50 bits per heavy atom. The first kappa shape index (κ1) is 20.5. The summed E-state index contributed by atoms with van der Waals surface area (Å²) in [6, 6.07) is 20.9. The van der Waals surface area contributed by atoms with Crippen molar-refractivity contribution in [1.82, 2.24) is 10.6 Å². The molecule has 0 saturated carbocycles. The van der Waals surface area contributed by atoms with Crippen LogP contribution in [0.1, 0.15) is 42.7 Å². The van der Waals surface area contributed by atoms with Crippen molar-refractivity contribution in [3.05, 3.63) is 71.8 Å². The average Bonchev–Trinajstić information content (AvgIpc) is 2.69. The maximum Gasteiger partial charge on any atom is 0.220 e. The van der Waals surface area contributed by atoms with Gasteiger partial charge in [-0.25, -0.2) is 0 Å². The van der Waals surface area contributed by atoms with Crippen molar-refractivity contribution >= 4 is 18.3 Å². The van der Waals surface area contributed by atoms with E-state index in [2.05, 4.69) is 59.2 Å². The molecule has 0 aliphatic carbocycles. The van der Waals surface area contributed by atoms with Gasteiger partial charge in [0, 0.05) is 18.9 Å². The van der Waals surface area contributed by atoms with Crippen LogP contribution in [0, 0.1) is 5.92 Å². The smallest absolute Gasteiger partial charge is 0.220 e. The molecule has 1 aliphatic heterocycles. The molecule has 1 saturated heterocycles. The largest absolute Gasteiger partial charge is 0.355 e. The number of hydrogen-bond acceptors (Lipinski definition) is 2. The Bertz CT molecular complexity index is 602. The van der Waals surface area contributed by atoms with Gasteiger partial charge in [0.2, 0.25) is 5.91 Å². The second kappa shape index (κ2) is 11.0. The third-order valence-corrected chi connectivity index (χ3v) is 5.15. The monoisotopic (exact) mass is 372 g/mol. The molecule has 0 spiro atoms. The van der Waals surface area contributed by atoms with Crippen molar-refractivity contribution in [3.8, 4) is 0 Å². The van der Waals surface area contributed by atoms with Crippen LogP contribution in [0.2, 0.25) is 0 Å². The van der Waals surface area contributed by atoms with E-state index >= 15 is 0 Å². The van der Waals surface area contributed by atoms with E-state index in [1.807, 2.05) is 12.1 Å². The van der Waals surface area contributed by atoms with Gasteiger partial charge in [-0.2, -0.15) is 0 Å². The molecule has 0 unspecified atom stereocenters. The molecule has 0 radical (unpaired) electrons. The number of nitrogens with one attached hydrogen (secondary N) is 2. The number of carbonyl (C=O) groups is 1. The standard InChI is InChI=1S/C22H28N2O.ClH/c25-22(12-11-18-13-15-23-16-14-18)24-17-21(19-7-3-1-4-8-19)20-9-5-2-6-10-20;/h1-10,18,21,23H,11-17H2,(H,24,25);1H. The summed E-state index contributed by atoms with van der Waals surface area (Å²) in [4.78, 5) is 12.3. The van der Waals surface area contributed by atoms with Crippen molar-refractivity contribution in [1.29, 1.82) is 0 Å². The zero-order chi connectivity index (χ0) is 17.3. The molecule has 0 bridgehead atoms. The van der Waals surface area contributed by atoms with E-state index in [1.165, 1.54) is 24.0 Å². The second-order valence-corrected chi connectivity index (χ2v) is 6.91. The third kappa shape index (κ3) is 6.15. The molecule has 26 heavy (non-hydrogen) atoms. The summed E-state index contributed by atoms with van der Waals surface area (Å²) in [5.41, 5.74) is 2.49. The van der Waals surface area contributed by atoms with Crippen LogP contribution in [-0.2, 0) is 4.79 Å². The lowest BCUT2D eigenvalue weighted by molar-refractivity contribution is -0.121. The fraction of sp³-hybridized carbons (Fsp3) is 0.409. The fourth-order valence-electron chi connectivity index (χ4n) is 3.61. The third-order valence-electron chi connectivity index (χ3n) is 5.15. The molecule has 2 aromatic carbocycles. The zero-order valence-electron chi connectivity index (χ0n) is 15.2. The molecule has 1 aliphatic rings. The molecule has 1 heterocycles. The number of hydrogen-bond donors (Lipinski definition) is 2. The van der Waals surface area contributed by atoms with Crippen LogP contribution in [0.3, 0.4) is 0 Å². The minimum absolute atomic E-state index is 0. The minimum atomic E-state index is 0. The lowest BCUT2D eigenvalue weighted by atomic mass is 9.91. The van der Waals surface area contributed by atoms with Gasteiger partial charge in [-0.1, -0.05) is 60.7 Å². The first-order valence-electron chi connectivity index (χ1n) is 9.40. The molecule has 0 atom stereocenters. The van der Waals surface area contributed by atoms with Crippen molar-refractivity contribution in [2.24, 2.45) is 5.92 Å². The molecule has 0 aromatic heterocycles. The van der Waals surface area contributed by atoms with Crippen molar-refractivity contribution in [2.75, 3.05) is 19.6 Å². The van der Waals surface area contributed by atoms with E-state index < -0.39 is 0 Å². The Kier molecular flexibility index (Phi) is 8.66. The number of carbonyl (C=O) groups excluding carboxylic acids is 1. The van der Waals surface area contributed by atoms with Gasteiger partial charge in [0.15, 0.2) is 0 Å². The van der Waals surface area contributed by atoms with Crippen molar-refractivity contribution in [3.63, 3.8) is 0 Å². The van der Waals surface area contributed by atoms with Crippen molar-refractivity contribution in [2.45, 2.75) is 31.6 Å². The Hall–Kier alpha value is -1.84. The predicted molar refractivity (Wildman–Crippen MR) is 110 cm³/mol. The van der Waals surface area contributed by atoms with Gasteiger partial charge in [0.1, 0.15) is 0 Å². The molecule has 1 fully saturated rings. The number of amides is 1. The second-order valence-electron chi connectivity index (χ2n) is 6.91. The first-order valence-corrected chi connectivity index (χ1v) is 9.40. The fourth-order valence-corrected chi connectivity index (χ4v) is 3.61. The summed E-state index contributed by atoms with van der Waals surface area (Å²) < 4.78 is 0. The highest BCUT2D eigenvalue weighted by atomic mass is 35.5. The minimum Gasteiger partial charge on any atom is -0.355 e. The lowest BCUT2D eigenvalue weighted by Gasteiger charge is -2.22. The van der Waals surface area contributed by atoms with Gasteiger partial charge in [-0.15, -0.1) is 12.4 Å². The maximum absolute atomic E-state index is 12.3. The molecule has 3 rings (SSSR count). The molecule has 2 N–H and O–H groups in total. The topological polar surface area (TPSA) is 41.1 Å². The van der Waals surface area contributed by atoms with Crippen LogP contribution in [0.25, 0.3) is 0 Å². The van der Waals surface area contributed by atoms with E-state index in [1.54, 1.807) is 0 Å². The Labute approximate surface area is 163 Å². The SMILES string of the molecule is Cl.O=C(CCC1CCNCC1)NCC(c1ccccc1)c1ccccc1. The quantitative estimate of drug-likeness (QED) is 0.767. The molecule has 1 amide bonds. The average molecular weight is 373 g/mol. The summed E-state index contributed by atoms with van der Waals surface area (Å²) in [7, 11) is 0. The molecular weight excluding hydrogens is 344 g/mol. The van der Waals surface area contributed by atoms with E-state index in [4.69, 9.17) is 0 Å². The van der Waals surface area contributed by atoms with Crippen LogP contribution in [-0.4, -0.2) is 25.5 Å². The van der Waals surface area contributed by atoms with Crippen LogP contribution in [0.15, 0.2) is 60.7 Å². The Morgan fingerprint density at radius 3 is 2.04 bits per heavy atom. The molecule has 2 aromatic rings. The highest BCUT2D eigenvalue weighted by molar-refractivity contribution is 5.85. The summed E-state index contributed by atoms with van der Waals surface area (Å²) in [5.74, 6) is 1.08. The first-order chi connectivity index (χ1) is 12.3.